The number of ether oxygens (including phenoxy) is 1. The zero-order chi connectivity index (χ0) is 15.2. The molecular formula is C13H14N2O4S2. The number of aryl methyl sites for hydroxylation is 1. The normalized spacial score (nSPS) is 10.3. The lowest BCUT2D eigenvalue weighted by molar-refractivity contribution is -0.118. The van der Waals surface area contributed by atoms with E-state index in [1.165, 1.54) is 22.7 Å². The van der Waals surface area contributed by atoms with Crippen molar-refractivity contribution in [2.45, 2.75) is 19.8 Å². The summed E-state index contributed by atoms with van der Waals surface area (Å²) in [6.45, 7) is 1.77. The Bertz CT molecular complexity index is 622. The average Bonchev–Trinajstić information content (AvgIpc) is 3.06. The number of rotatable bonds is 7. The van der Waals surface area contributed by atoms with Crippen LogP contribution < -0.4 is 10.1 Å². The summed E-state index contributed by atoms with van der Waals surface area (Å²) < 4.78 is 5.33. The first-order chi connectivity index (χ1) is 10.1. The van der Waals surface area contributed by atoms with Crippen molar-refractivity contribution in [3.8, 4) is 5.75 Å². The molecule has 0 aromatic carbocycles. The fourth-order valence-corrected chi connectivity index (χ4v) is 3.22. The predicted molar refractivity (Wildman–Crippen MR) is 81.5 cm³/mol. The minimum absolute atomic E-state index is 0.125. The molecule has 0 saturated carbocycles. The molecule has 0 atom stereocenters. The summed E-state index contributed by atoms with van der Waals surface area (Å²) in [7, 11) is 0. The first-order valence-electron chi connectivity index (χ1n) is 6.28. The molecule has 2 N–H and O–H groups in total. The quantitative estimate of drug-likeness (QED) is 0.817. The number of thiophene rings is 1. The van der Waals surface area contributed by atoms with Gasteiger partial charge in [-0.2, -0.15) is 0 Å². The Kier molecular flexibility index (Phi) is 5.29. The molecule has 0 radical (unpaired) electrons. The molecule has 0 spiro atoms. The molecule has 2 aromatic rings. The number of carboxylic acids is 1. The molecule has 0 aliphatic carbocycles. The van der Waals surface area contributed by atoms with E-state index in [4.69, 9.17) is 9.84 Å². The van der Waals surface area contributed by atoms with Crippen molar-refractivity contribution in [3.05, 3.63) is 27.4 Å². The summed E-state index contributed by atoms with van der Waals surface area (Å²) in [5.74, 6) is -1.17. The molecule has 112 valence electrons. The highest BCUT2D eigenvalue weighted by Crippen LogP contribution is 2.30. The van der Waals surface area contributed by atoms with Crippen molar-refractivity contribution in [2.24, 2.45) is 0 Å². The predicted octanol–water partition coefficient (Wildman–Crippen LogP) is 2.87. The standard InChI is InChI=1S/C13H14N2O4S2/c1-2-3-8-6-9(11(21-8)12(17)18)19-7-10(16)15-13-14-4-5-20-13/h4-6H,2-3,7H2,1H3,(H,17,18)(H,14,15,16). The average molecular weight is 326 g/mol. The van der Waals surface area contributed by atoms with E-state index in [2.05, 4.69) is 10.3 Å². The van der Waals surface area contributed by atoms with Crippen molar-refractivity contribution in [1.29, 1.82) is 0 Å². The molecular weight excluding hydrogens is 312 g/mol. The maximum atomic E-state index is 11.7. The van der Waals surface area contributed by atoms with Gasteiger partial charge < -0.3 is 9.84 Å². The minimum atomic E-state index is -1.04. The van der Waals surface area contributed by atoms with E-state index in [1.54, 1.807) is 17.6 Å². The van der Waals surface area contributed by atoms with Gasteiger partial charge in [0.2, 0.25) is 0 Å². The van der Waals surface area contributed by atoms with Crippen LogP contribution in [0.25, 0.3) is 0 Å². The first-order valence-corrected chi connectivity index (χ1v) is 7.98. The van der Waals surface area contributed by atoms with E-state index < -0.39 is 5.97 Å². The molecule has 1 amide bonds. The molecule has 2 aromatic heterocycles. The largest absolute Gasteiger partial charge is 0.482 e. The molecule has 8 heteroatoms. The van der Waals surface area contributed by atoms with Gasteiger partial charge >= 0.3 is 5.97 Å². The number of hydrogen-bond donors (Lipinski definition) is 2. The summed E-state index contributed by atoms with van der Waals surface area (Å²) in [5, 5.41) is 13.9. The van der Waals surface area contributed by atoms with Crippen LogP contribution in [0.2, 0.25) is 0 Å². The van der Waals surface area contributed by atoms with Crippen LogP contribution in [-0.4, -0.2) is 28.6 Å². The summed E-state index contributed by atoms with van der Waals surface area (Å²) >= 11 is 2.48. The Hall–Kier alpha value is -1.93. The topological polar surface area (TPSA) is 88.5 Å². The molecule has 0 bridgehead atoms. The van der Waals surface area contributed by atoms with Gasteiger partial charge in [0.1, 0.15) is 5.75 Å². The van der Waals surface area contributed by atoms with Gasteiger partial charge in [0, 0.05) is 16.5 Å². The van der Waals surface area contributed by atoms with Gasteiger partial charge in [-0.25, -0.2) is 9.78 Å². The number of anilines is 1. The third-order valence-electron chi connectivity index (χ3n) is 2.48. The Morgan fingerprint density at radius 3 is 2.90 bits per heavy atom. The van der Waals surface area contributed by atoms with Crippen molar-refractivity contribution >= 4 is 39.7 Å². The van der Waals surface area contributed by atoms with E-state index in [-0.39, 0.29) is 23.1 Å². The molecule has 6 nitrogen and oxygen atoms in total. The summed E-state index contributed by atoms with van der Waals surface area (Å²) in [4.78, 5) is 27.8. The molecule has 0 aliphatic heterocycles. The second-order valence-electron chi connectivity index (χ2n) is 4.14. The third-order valence-corrected chi connectivity index (χ3v) is 4.33. The van der Waals surface area contributed by atoms with Gasteiger partial charge in [-0.05, 0) is 12.5 Å². The monoisotopic (exact) mass is 326 g/mol. The number of thiazole rings is 1. The molecule has 0 aliphatic rings. The molecule has 2 heterocycles. The fourth-order valence-electron chi connectivity index (χ4n) is 1.63. The SMILES string of the molecule is CCCc1cc(OCC(=O)Nc2nccs2)c(C(=O)O)s1. The highest BCUT2D eigenvalue weighted by Gasteiger charge is 2.17. The number of carboxylic acid groups (broad SMARTS) is 1. The van der Waals surface area contributed by atoms with Gasteiger partial charge in [-0.1, -0.05) is 13.3 Å². The number of carbonyl (C=O) groups is 2. The zero-order valence-electron chi connectivity index (χ0n) is 11.3. The Morgan fingerprint density at radius 1 is 1.48 bits per heavy atom. The molecule has 0 saturated heterocycles. The number of nitrogens with zero attached hydrogens (tertiary/aromatic N) is 1. The number of carbonyl (C=O) groups excluding carboxylic acids is 1. The Labute approximate surface area is 129 Å². The smallest absolute Gasteiger partial charge is 0.349 e. The van der Waals surface area contributed by atoms with Crippen molar-refractivity contribution in [3.63, 3.8) is 0 Å². The van der Waals surface area contributed by atoms with Gasteiger partial charge in [0.15, 0.2) is 16.6 Å². The minimum Gasteiger partial charge on any atom is -0.482 e. The van der Waals surface area contributed by atoms with Crippen LogP contribution >= 0.6 is 22.7 Å². The number of nitrogens with one attached hydrogen (secondary N) is 1. The highest BCUT2D eigenvalue weighted by molar-refractivity contribution is 7.14. The second kappa shape index (κ2) is 7.19. The van der Waals surface area contributed by atoms with Crippen LogP contribution in [0.3, 0.4) is 0 Å². The maximum absolute atomic E-state index is 11.7. The van der Waals surface area contributed by atoms with Crippen LogP contribution in [0.4, 0.5) is 5.13 Å². The molecule has 2 rings (SSSR count). The van der Waals surface area contributed by atoms with E-state index in [0.717, 1.165) is 17.7 Å². The molecule has 0 unspecified atom stereocenters. The van der Waals surface area contributed by atoms with Crippen LogP contribution in [-0.2, 0) is 11.2 Å². The van der Waals surface area contributed by atoms with Gasteiger partial charge in [-0.3, -0.25) is 10.1 Å². The summed E-state index contributed by atoms with van der Waals surface area (Å²) in [6.07, 6.45) is 3.29. The number of aromatic nitrogens is 1. The lowest BCUT2D eigenvalue weighted by Gasteiger charge is -2.04. The van der Waals surface area contributed by atoms with Crippen molar-refractivity contribution < 1.29 is 19.4 Å². The maximum Gasteiger partial charge on any atom is 0.349 e. The molecule has 0 fully saturated rings. The van der Waals surface area contributed by atoms with Crippen LogP contribution in [0.5, 0.6) is 5.75 Å². The summed E-state index contributed by atoms with van der Waals surface area (Å²) in [5.41, 5.74) is 0. The number of hydrogen-bond acceptors (Lipinski definition) is 6. The summed E-state index contributed by atoms with van der Waals surface area (Å²) in [6, 6.07) is 1.69. The lowest BCUT2D eigenvalue weighted by atomic mass is 10.3. The van der Waals surface area contributed by atoms with E-state index in [9.17, 15) is 9.59 Å². The second-order valence-corrected chi connectivity index (χ2v) is 6.17. The Morgan fingerprint density at radius 2 is 2.29 bits per heavy atom. The first kappa shape index (κ1) is 15.5. The van der Waals surface area contributed by atoms with E-state index in [1.807, 2.05) is 6.92 Å². The number of amides is 1. The van der Waals surface area contributed by atoms with Crippen LogP contribution in [0.1, 0.15) is 27.9 Å². The third kappa shape index (κ3) is 4.27. The van der Waals surface area contributed by atoms with Crippen molar-refractivity contribution in [2.75, 3.05) is 11.9 Å². The Balaban J connectivity index is 1.98. The van der Waals surface area contributed by atoms with Crippen LogP contribution in [0.15, 0.2) is 17.6 Å². The number of aromatic carboxylic acids is 1. The van der Waals surface area contributed by atoms with E-state index >= 15 is 0 Å². The van der Waals surface area contributed by atoms with Crippen LogP contribution in [0, 0.1) is 0 Å². The van der Waals surface area contributed by atoms with Gasteiger partial charge in [0.25, 0.3) is 5.91 Å². The van der Waals surface area contributed by atoms with Crippen molar-refractivity contribution in [1.82, 2.24) is 4.98 Å². The van der Waals surface area contributed by atoms with Gasteiger partial charge in [-0.15, -0.1) is 22.7 Å². The molecule has 21 heavy (non-hydrogen) atoms. The highest BCUT2D eigenvalue weighted by atomic mass is 32.1. The fraction of sp³-hybridized carbons (Fsp3) is 0.308. The van der Waals surface area contributed by atoms with E-state index in [0.29, 0.717) is 5.13 Å². The zero-order valence-corrected chi connectivity index (χ0v) is 12.9. The lowest BCUT2D eigenvalue weighted by Crippen LogP contribution is -2.20. The van der Waals surface area contributed by atoms with Gasteiger partial charge in [0.05, 0.1) is 0 Å².